The van der Waals surface area contributed by atoms with Crippen molar-refractivity contribution in [3.8, 4) is 0 Å². The first-order valence-electron chi connectivity index (χ1n) is 10.7. The van der Waals surface area contributed by atoms with Crippen LogP contribution in [0.1, 0.15) is 24.8 Å². The number of sulfonamides is 1. The van der Waals surface area contributed by atoms with Gasteiger partial charge >= 0.3 is 0 Å². The Kier molecular flexibility index (Phi) is 8.53. The third kappa shape index (κ3) is 6.92. The molecule has 0 saturated carbocycles. The molecule has 30 heavy (non-hydrogen) atoms. The van der Waals surface area contributed by atoms with Gasteiger partial charge in [0.15, 0.2) is 0 Å². The summed E-state index contributed by atoms with van der Waals surface area (Å²) >= 11 is 5.96. The standard InChI is InChI=1S/C21H33ClN4O3S/c1-24-12-14-25(15-13-24)9-3-8-23-21(27)19-6-10-26(11-7-19)30(28,29)17-18-4-2-5-20(22)16-18/h2,4-5,16,19H,3,6-15,17H2,1H3,(H,23,27). The predicted octanol–water partition coefficient (Wildman–Crippen LogP) is 1.64. The van der Waals surface area contributed by atoms with Crippen LogP contribution in [-0.2, 0) is 20.6 Å². The molecule has 7 nitrogen and oxygen atoms in total. The summed E-state index contributed by atoms with van der Waals surface area (Å²) in [6.07, 6.45) is 2.08. The van der Waals surface area contributed by atoms with Crippen LogP contribution in [-0.4, -0.2) is 87.8 Å². The lowest BCUT2D eigenvalue weighted by Gasteiger charge is -2.32. The van der Waals surface area contributed by atoms with Gasteiger partial charge in [-0.2, -0.15) is 0 Å². The monoisotopic (exact) mass is 456 g/mol. The molecule has 0 bridgehead atoms. The molecule has 0 aliphatic carbocycles. The number of carbonyl (C=O) groups excluding carboxylic acids is 1. The van der Waals surface area contributed by atoms with E-state index in [2.05, 4.69) is 22.2 Å². The van der Waals surface area contributed by atoms with Crippen molar-refractivity contribution < 1.29 is 13.2 Å². The number of nitrogens with zero attached hydrogens (tertiary/aromatic N) is 3. The molecule has 0 unspecified atom stereocenters. The van der Waals surface area contributed by atoms with E-state index >= 15 is 0 Å². The van der Waals surface area contributed by atoms with Crippen LogP contribution in [0.25, 0.3) is 0 Å². The molecule has 0 aromatic heterocycles. The number of hydrogen-bond acceptors (Lipinski definition) is 5. The van der Waals surface area contributed by atoms with Crippen molar-refractivity contribution in [2.45, 2.75) is 25.0 Å². The molecular weight excluding hydrogens is 424 g/mol. The lowest BCUT2D eigenvalue weighted by molar-refractivity contribution is -0.126. The number of hydrogen-bond donors (Lipinski definition) is 1. The third-order valence-corrected chi connectivity index (χ3v) is 8.09. The van der Waals surface area contributed by atoms with Gasteiger partial charge in [0.25, 0.3) is 0 Å². The summed E-state index contributed by atoms with van der Waals surface area (Å²) in [7, 11) is -1.26. The average Bonchev–Trinajstić information content (AvgIpc) is 2.72. The first kappa shape index (κ1) is 23.5. The van der Waals surface area contributed by atoms with E-state index in [9.17, 15) is 13.2 Å². The summed E-state index contributed by atoms with van der Waals surface area (Å²) in [5.74, 6) is -0.108. The van der Waals surface area contributed by atoms with E-state index in [0.717, 1.165) is 39.1 Å². The number of benzene rings is 1. The summed E-state index contributed by atoms with van der Waals surface area (Å²) in [6, 6.07) is 6.94. The van der Waals surface area contributed by atoms with Crippen molar-refractivity contribution in [1.82, 2.24) is 19.4 Å². The molecule has 1 amide bonds. The molecule has 2 aliphatic heterocycles. The molecular formula is C21H33ClN4O3S. The Hall–Kier alpha value is -1.19. The fourth-order valence-corrected chi connectivity index (χ4v) is 5.82. The van der Waals surface area contributed by atoms with Crippen LogP contribution in [0, 0.1) is 5.92 Å². The lowest BCUT2D eigenvalue weighted by Crippen LogP contribution is -2.45. The van der Waals surface area contributed by atoms with E-state index in [4.69, 9.17) is 11.6 Å². The number of nitrogens with one attached hydrogen (secondary N) is 1. The summed E-state index contributed by atoms with van der Waals surface area (Å²) in [5, 5.41) is 3.57. The van der Waals surface area contributed by atoms with E-state index in [1.165, 1.54) is 4.31 Å². The third-order valence-electron chi connectivity index (χ3n) is 6.00. The molecule has 2 fully saturated rings. The van der Waals surface area contributed by atoms with E-state index in [0.29, 0.717) is 43.1 Å². The largest absolute Gasteiger partial charge is 0.356 e. The Morgan fingerprint density at radius 3 is 2.50 bits per heavy atom. The van der Waals surface area contributed by atoms with Crippen molar-refractivity contribution in [3.63, 3.8) is 0 Å². The molecule has 2 saturated heterocycles. The van der Waals surface area contributed by atoms with Gasteiger partial charge in [0.2, 0.25) is 15.9 Å². The van der Waals surface area contributed by atoms with Crippen LogP contribution >= 0.6 is 11.6 Å². The van der Waals surface area contributed by atoms with Gasteiger partial charge in [0, 0.05) is 56.8 Å². The second-order valence-electron chi connectivity index (χ2n) is 8.35. The van der Waals surface area contributed by atoms with Crippen LogP contribution in [0.3, 0.4) is 0 Å². The number of rotatable bonds is 8. The first-order valence-corrected chi connectivity index (χ1v) is 12.7. The maximum Gasteiger partial charge on any atom is 0.223 e. The zero-order valence-electron chi connectivity index (χ0n) is 17.7. The topological polar surface area (TPSA) is 73.0 Å². The van der Waals surface area contributed by atoms with Crippen LogP contribution < -0.4 is 5.32 Å². The highest BCUT2D eigenvalue weighted by Gasteiger charge is 2.31. The minimum absolute atomic E-state index is 0.0558. The van der Waals surface area contributed by atoms with Crippen molar-refractivity contribution in [2.75, 3.05) is 59.4 Å². The summed E-state index contributed by atoms with van der Waals surface area (Å²) in [6.45, 7) is 6.85. The first-order chi connectivity index (χ1) is 14.3. The molecule has 0 atom stereocenters. The van der Waals surface area contributed by atoms with Crippen LogP contribution in [0.4, 0.5) is 0 Å². The molecule has 168 valence electrons. The minimum Gasteiger partial charge on any atom is -0.356 e. The highest BCUT2D eigenvalue weighted by atomic mass is 35.5. The van der Waals surface area contributed by atoms with Crippen molar-refractivity contribution in [1.29, 1.82) is 0 Å². The van der Waals surface area contributed by atoms with Gasteiger partial charge in [-0.15, -0.1) is 0 Å². The number of piperidine rings is 1. The molecule has 2 heterocycles. The second-order valence-corrected chi connectivity index (χ2v) is 10.8. The predicted molar refractivity (Wildman–Crippen MR) is 120 cm³/mol. The Morgan fingerprint density at radius 1 is 1.13 bits per heavy atom. The van der Waals surface area contributed by atoms with Crippen LogP contribution in [0.15, 0.2) is 24.3 Å². The fraction of sp³-hybridized carbons (Fsp3) is 0.667. The van der Waals surface area contributed by atoms with Gasteiger partial charge in [0.05, 0.1) is 5.75 Å². The average molecular weight is 457 g/mol. The van der Waals surface area contributed by atoms with Gasteiger partial charge < -0.3 is 15.1 Å². The Balaban J connectivity index is 1.36. The highest BCUT2D eigenvalue weighted by Crippen LogP contribution is 2.22. The Bertz CT molecular complexity index is 804. The van der Waals surface area contributed by atoms with E-state index in [-0.39, 0.29) is 17.6 Å². The molecule has 0 radical (unpaired) electrons. The normalized spacial score (nSPS) is 20.3. The van der Waals surface area contributed by atoms with Gasteiger partial charge in [-0.05, 0) is 50.6 Å². The van der Waals surface area contributed by atoms with E-state index < -0.39 is 10.0 Å². The minimum atomic E-state index is -3.41. The maximum absolute atomic E-state index is 12.7. The number of likely N-dealkylation sites (N-methyl/N-ethyl adjacent to an activating group) is 1. The fourth-order valence-electron chi connectivity index (χ4n) is 4.05. The zero-order chi connectivity index (χ0) is 21.6. The van der Waals surface area contributed by atoms with Gasteiger partial charge in [0.1, 0.15) is 0 Å². The number of amides is 1. The molecule has 0 spiro atoms. The molecule has 3 rings (SSSR count). The SMILES string of the molecule is CN1CCN(CCCNC(=O)C2CCN(S(=O)(=O)Cc3cccc(Cl)c3)CC2)CC1. The number of halogens is 1. The summed E-state index contributed by atoms with van der Waals surface area (Å²) in [5.41, 5.74) is 0.683. The van der Waals surface area contributed by atoms with Gasteiger partial charge in [-0.1, -0.05) is 23.7 Å². The van der Waals surface area contributed by atoms with Crippen LogP contribution in [0.2, 0.25) is 5.02 Å². The summed E-state index contributed by atoms with van der Waals surface area (Å²) in [4.78, 5) is 17.2. The van der Waals surface area contributed by atoms with Gasteiger partial charge in [-0.3, -0.25) is 4.79 Å². The number of piperazine rings is 1. The lowest BCUT2D eigenvalue weighted by atomic mass is 9.97. The van der Waals surface area contributed by atoms with Crippen molar-refractivity contribution >= 4 is 27.5 Å². The van der Waals surface area contributed by atoms with E-state index in [1.54, 1.807) is 24.3 Å². The quantitative estimate of drug-likeness (QED) is 0.602. The van der Waals surface area contributed by atoms with Crippen molar-refractivity contribution in [3.05, 3.63) is 34.9 Å². The molecule has 9 heteroatoms. The molecule has 1 N–H and O–H groups in total. The zero-order valence-corrected chi connectivity index (χ0v) is 19.3. The summed E-state index contributed by atoms with van der Waals surface area (Å²) < 4.78 is 26.9. The van der Waals surface area contributed by atoms with Gasteiger partial charge in [-0.25, -0.2) is 12.7 Å². The Labute approximate surface area is 185 Å². The smallest absolute Gasteiger partial charge is 0.223 e. The molecule has 1 aromatic rings. The van der Waals surface area contributed by atoms with E-state index in [1.807, 2.05) is 0 Å². The maximum atomic E-state index is 12.7. The van der Waals surface area contributed by atoms with Crippen molar-refractivity contribution in [2.24, 2.45) is 5.92 Å². The molecule has 2 aliphatic rings. The second kappa shape index (κ2) is 10.9. The molecule has 1 aromatic carbocycles. The number of carbonyl (C=O) groups is 1. The highest BCUT2D eigenvalue weighted by molar-refractivity contribution is 7.88. The Morgan fingerprint density at radius 2 is 1.83 bits per heavy atom. The van der Waals surface area contributed by atoms with Crippen LogP contribution in [0.5, 0.6) is 0 Å².